The lowest BCUT2D eigenvalue weighted by Gasteiger charge is -2.20. The average Bonchev–Trinajstić information content (AvgIpc) is 3.06. The van der Waals surface area contributed by atoms with Crippen LogP contribution in [-0.2, 0) is 14.4 Å². The van der Waals surface area contributed by atoms with Gasteiger partial charge in [0.05, 0.1) is 6.54 Å². The molecule has 0 aromatic carbocycles. The van der Waals surface area contributed by atoms with Gasteiger partial charge in [0, 0.05) is 13.6 Å². The minimum atomic E-state index is -1.26. The van der Waals surface area contributed by atoms with Crippen molar-refractivity contribution in [3.63, 3.8) is 0 Å². The number of nitrogens with zero attached hydrogens (tertiary/aromatic N) is 1. The van der Waals surface area contributed by atoms with E-state index in [1.807, 2.05) is 6.92 Å². The number of carbonyl (C=O) groups is 3. The fourth-order valence-electron chi connectivity index (χ4n) is 1.62. The molecule has 0 spiro atoms. The highest BCUT2D eigenvalue weighted by molar-refractivity contribution is 6.05. The minimum Gasteiger partial charge on any atom is -0.480 e. The molecule has 0 atom stereocenters. The summed E-state index contributed by atoms with van der Waals surface area (Å²) in [6.07, 6.45) is 1.55. The van der Waals surface area contributed by atoms with Gasteiger partial charge >= 0.3 is 5.97 Å². The van der Waals surface area contributed by atoms with E-state index in [9.17, 15) is 14.4 Å². The van der Waals surface area contributed by atoms with Crippen molar-refractivity contribution in [2.45, 2.75) is 26.2 Å². The highest BCUT2D eigenvalue weighted by atomic mass is 16.4. The number of carbonyl (C=O) groups excluding carboxylic acids is 2. The molecule has 96 valence electrons. The number of amides is 2. The lowest BCUT2D eigenvalue weighted by atomic mass is 10.1. The third-order valence-corrected chi connectivity index (χ3v) is 2.87. The molecular formula is C11H18N2O4. The Hall–Kier alpha value is -1.59. The number of hydrogen-bond acceptors (Lipinski definition) is 3. The maximum Gasteiger partial charge on any atom is 0.319 e. The monoisotopic (exact) mass is 242 g/mol. The molecule has 0 saturated heterocycles. The number of nitrogens with one attached hydrogen (secondary N) is 1. The molecule has 6 nitrogen and oxygen atoms in total. The van der Waals surface area contributed by atoms with Crippen molar-refractivity contribution in [3.8, 4) is 0 Å². The molecule has 17 heavy (non-hydrogen) atoms. The second-order valence-electron chi connectivity index (χ2n) is 4.40. The largest absolute Gasteiger partial charge is 0.480 e. The molecule has 1 aliphatic carbocycles. The second-order valence-corrected chi connectivity index (χ2v) is 4.40. The first-order valence-electron chi connectivity index (χ1n) is 5.69. The van der Waals surface area contributed by atoms with Crippen LogP contribution in [0.5, 0.6) is 0 Å². The minimum absolute atomic E-state index is 0.0894. The smallest absolute Gasteiger partial charge is 0.319 e. The third kappa shape index (κ3) is 2.95. The average molecular weight is 242 g/mol. The fraction of sp³-hybridized carbons (Fsp3) is 0.727. The van der Waals surface area contributed by atoms with E-state index < -0.39 is 17.3 Å². The predicted molar refractivity (Wildman–Crippen MR) is 60.2 cm³/mol. The first kappa shape index (κ1) is 13.5. The maximum absolute atomic E-state index is 11.8. The Kier molecular flexibility index (Phi) is 4.09. The molecule has 0 heterocycles. The van der Waals surface area contributed by atoms with E-state index in [4.69, 9.17) is 5.11 Å². The number of aliphatic carboxylic acids is 1. The first-order chi connectivity index (χ1) is 7.94. The van der Waals surface area contributed by atoms with Gasteiger partial charge < -0.3 is 15.3 Å². The Morgan fingerprint density at radius 1 is 1.35 bits per heavy atom. The molecule has 2 N–H and O–H groups in total. The molecular weight excluding hydrogens is 224 g/mol. The van der Waals surface area contributed by atoms with Gasteiger partial charge in [-0.3, -0.25) is 14.4 Å². The summed E-state index contributed by atoms with van der Waals surface area (Å²) in [5.41, 5.74) is -1.26. The fourth-order valence-corrected chi connectivity index (χ4v) is 1.62. The van der Waals surface area contributed by atoms with Crippen molar-refractivity contribution < 1.29 is 19.5 Å². The van der Waals surface area contributed by atoms with E-state index in [0.717, 1.165) is 6.42 Å². The quantitative estimate of drug-likeness (QED) is 0.633. The molecule has 0 unspecified atom stereocenters. The van der Waals surface area contributed by atoms with E-state index in [2.05, 4.69) is 5.32 Å². The van der Waals surface area contributed by atoms with Gasteiger partial charge in [0.25, 0.3) is 0 Å². The number of hydrogen-bond donors (Lipinski definition) is 2. The standard InChI is InChI=1S/C11H18N2O4/c1-3-6-12-8(14)7-13(2)9(15)11(4-5-11)10(16)17/h3-7H2,1-2H3,(H,12,14)(H,16,17). The lowest BCUT2D eigenvalue weighted by molar-refractivity contribution is -0.153. The summed E-state index contributed by atoms with van der Waals surface area (Å²) in [5, 5.41) is 11.6. The van der Waals surface area contributed by atoms with Gasteiger partial charge in [-0.15, -0.1) is 0 Å². The van der Waals surface area contributed by atoms with Crippen LogP contribution in [0.25, 0.3) is 0 Å². The van der Waals surface area contributed by atoms with E-state index in [1.165, 1.54) is 11.9 Å². The molecule has 0 bridgehead atoms. The van der Waals surface area contributed by atoms with Crippen molar-refractivity contribution >= 4 is 17.8 Å². The van der Waals surface area contributed by atoms with Crippen LogP contribution in [0.2, 0.25) is 0 Å². The zero-order valence-corrected chi connectivity index (χ0v) is 10.2. The first-order valence-corrected chi connectivity index (χ1v) is 5.69. The van der Waals surface area contributed by atoms with Crippen molar-refractivity contribution in [2.75, 3.05) is 20.1 Å². The van der Waals surface area contributed by atoms with Gasteiger partial charge in [-0.2, -0.15) is 0 Å². The summed E-state index contributed by atoms with van der Waals surface area (Å²) in [7, 11) is 1.46. The number of likely N-dealkylation sites (N-methyl/N-ethyl adjacent to an activating group) is 1. The summed E-state index contributed by atoms with van der Waals surface area (Å²) in [6.45, 7) is 2.40. The Labute approximate surface area is 100.0 Å². The van der Waals surface area contributed by atoms with E-state index >= 15 is 0 Å². The Morgan fingerprint density at radius 3 is 2.35 bits per heavy atom. The van der Waals surface area contributed by atoms with Crippen LogP contribution in [0, 0.1) is 5.41 Å². The van der Waals surface area contributed by atoms with Crippen LogP contribution in [-0.4, -0.2) is 47.9 Å². The van der Waals surface area contributed by atoms with Gasteiger partial charge in [0.2, 0.25) is 11.8 Å². The van der Waals surface area contributed by atoms with Gasteiger partial charge in [-0.25, -0.2) is 0 Å². The third-order valence-electron chi connectivity index (χ3n) is 2.87. The molecule has 2 amide bonds. The molecule has 0 aliphatic heterocycles. The summed E-state index contributed by atoms with van der Waals surface area (Å²) in [5.74, 6) is -1.83. The summed E-state index contributed by atoms with van der Waals surface area (Å²) >= 11 is 0. The maximum atomic E-state index is 11.8. The van der Waals surface area contributed by atoms with Crippen LogP contribution < -0.4 is 5.32 Å². The Morgan fingerprint density at radius 2 is 1.94 bits per heavy atom. The predicted octanol–water partition coefficient (Wildman–Crippen LogP) is -0.164. The highest BCUT2D eigenvalue weighted by Crippen LogP contribution is 2.47. The molecule has 1 aliphatic rings. The van der Waals surface area contributed by atoms with E-state index in [1.54, 1.807) is 0 Å². The van der Waals surface area contributed by atoms with Gasteiger partial charge in [-0.1, -0.05) is 6.92 Å². The van der Waals surface area contributed by atoms with Crippen molar-refractivity contribution in [1.29, 1.82) is 0 Å². The van der Waals surface area contributed by atoms with Crippen molar-refractivity contribution in [2.24, 2.45) is 5.41 Å². The molecule has 0 aromatic rings. The molecule has 1 fully saturated rings. The van der Waals surface area contributed by atoms with Crippen LogP contribution in [0.1, 0.15) is 26.2 Å². The highest BCUT2D eigenvalue weighted by Gasteiger charge is 2.58. The normalized spacial score (nSPS) is 16.1. The zero-order chi connectivity index (χ0) is 13.1. The molecule has 1 saturated carbocycles. The van der Waals surface area contributed by atoms with Gasteiger partial charge in [-0.05, 0) is 19.3 Å². The zero-order valence-electron chi connectivity index (χ0n) is 10.2. The SMILES string of the molecule is CCCNC(=O)CN(C)C(=O)C1(C(=O)O)CC1. The summed E-state index contributed by atoms with van der Waals surface area (Å²) < 4.78 is 0. The lowest BCUT2D eigenvalue weighted by Crippen LogP contribution is -2.44. The van der Waals surface area contributed by atoms with Crippen molar-refractivity contribution in [3.05, 3.63) is 0 Å². The van der Waals surface area contributed by atoms with Crippen LogP contribution in [0.15, 0.2) is 0 Å². The molecule has 0 aromatic heterocycles. The van der Waals surface area contributed by atoms with Crippen LogP contribution in [0.4, 0.5) is 0 Å². The molecule has 1 rings (SSSR count). The molecule has 6 heteroatoms. The van der Waals surface area contributed by atoms with Crippen LogP contribution in [0.3, 0.4) is 0 Å². The van der Waals surface area contributed by atoms with Crippen molar-refractivity contribution in [1.82, 2.24) is 10.2 Å². The number of carboxylic acid groups (broad SMARTS) is 1. The Bertz CT molecular complexity index is 336. The number of carboxylic acids is 1. The summed E-state index contributed by atoms with van der Waals surface area (Å²) in [4.78, 5) is 35.4. The van der Waals surface area contributed by atoms with E-state index in [0.29, 0.717) is 19.4 Å². The topological polar surface area (TPSA) is 86.7 Å². The Balaban J connectivity index is 2.48. The molecule has 0 radical (unpaired) electrons. The van der Waals surface area contributed by atoms with Crippen LogP contribution >= 0.6 is 0 Å². The van der Waals surface area contributed by atoms with E-state index in [-0.39, 0.29) is 12.5 Å². The number of rotatable bonds is 6. The van der Waals surface area contributed by atoms with Gasteiger partial charge in [0.1, 0.15) is 5.41 Å². The second kappa shape index (κ2) is 5.16. The summed E-state index contributed by atoms with van der Waals surface area (Å²) in [6, 6.07) is 0. The van der Waals surface area contributed by atoms with Gasteiger partial charge in [0.15, 0.2) is 0 Å².